The molecule has 1 aliphatic heterocycles. The molecule has 0 spiro atoms. The summed E-state index contributed by atoms with van der Waals surface area (Å²) < 4.78 is 5.27. The van der Waals surface area contributed by atoms with Gasteiger partial charge in [-0.2, -0.15) is 0 Å². The highest BCUT2D eigenvalue weighted by Gasteiger charge is 2.32. The number of carboxylic acids is 1. The predicted molar refractivity (Wildman–Crippen MR) is 79.1 cm³/mol. The van der Waals surface area contributed by atoms with Crippen molar-refractivity contribution < 1.29 is 24.3 Å². The molecule has 0 saturated carbocycles. The maximum atomic E-state index is 11.8. The van der Waals surface area contributed by atoms with Crippen LogP contribution in [0.2, 0.25) is 0 Å². The molecule has 118 valence electrons. The van der Waals surface area contributed by atoms with Crippen LogP contribution in [0.3, 0.4) is 0 Å². The molecule has 1 unspecified atom stereocenters. The first kappa shape index (κ1) is 16.0. The number of benzene rings is 1. The van der Waals surface area contributed by atoms with Crippen LogP contribution >= 0.6 is 0 Å². The lowest BCUT2D eigenvalue weighted by molar-refractivity contribution is -0.911. The fourth-order valence-electron chi connectivity index (χ4n) is 2.62. The van der Waals surface area contributed by atoms with Crippen molar-refractivity contribution in [1.29, 1.82) is 0 Å². The Morgan fingerprint density at radius 2 is 2.27 bits per heavy atom. The molecule has 0 aromatic heterocycles. The second-order valence-corrected chi connectivity index (χ2v) is 5.18. The molecule has 0 radical (unpaired) electrons. The van der Waals surface area contributed by atoms with Gasteiger partial charge in [-0.1, -0.05) is 18.2 Å². The number of hydrogen-bond donors (Lipinski definition) is 2. The smallest absolute Gasteiger partial charge is 0.278 e. The van der Waals surface area contributed by atoms with Crippen LogP contribution in [0.25, 0.3) is 6.08 Å². The summed E-state index contributed by atoms with van der Waals surface area (Å²) in [4.78, 5) is 23.5. The molecule has 0 bridgehead atoms. The van der Waals surface area contributed by atoms with Crippen LogP contribution in [0.4, 0.5) is 0 Å². The minimum absolute atomic E-state index is 0.226. The number of ether oxygens (including phenoxy) is 1. The van der Waals surface area contributed by atoms with E-state index in [1.807, 2.05) is 36.4 Å². The molecule has 0 aliphatic carbocycles. The van der Waals surface area contributed by atoms with Crippen LogP contribution in [0.5, 0.6) is 5.75 Å². The second-order valence-electron chi connectivity index (χ2n) is 5.18. The van der Waals surface area contributed by atoms with Gasteiger partial charge in [0.05, 0.1) is 26.7 Å². The van der Waals surface area contributed by atoms with E-state index >= 15 is 0 Å². The third kappa shape index (κ3) is 4.08. The zero-order valence-electron chi connectivity index (χ0n) is 12.5. The number of amides is 1. The molecule has 2 rings (SSSR count). The molecule has 1 aromatic rings. The molecule has 1 amide bonds. The zero-order chi connectivity index (χ0) is 15.9. The van der Waals surface area contributed by atoms with Gasteiger partial charge in [-0.05, 0) is 18.2 Å². The predicted octanol–water partition coefficient (Wildman–Crippen LogP) is -1.77. The lowest BCUT2D eigenvalue weighted by atomic mass is 10.1. The number of aliphatic carboxylic acids is 1. The van der Waals surface area contributed by atoms with E-state index < -0.39 is 12.0 Å². The topological polar surface area (TPSA) is 82.9 Å². The number of piperazine rings is 1. The molecule has 6 nitrogen and oxygen atoms in total. The SMILES string of the molecule is COc1ccccc1/C=C/C[NH+]1CCNC(=O)[C@H]1CC(=O)[O-]. The number of carboxylic acid groups (broad SMARTS) is 1. The first-order valence-corrected chi connectivity index (χ1v) is 7.23. The van der Waals surface area contributed by atoms with Gasteiger partial charge in [-0.25, -0.2) is 0 Å². The van der Waals surface area contributed by atoms with Crippen molar-refractivity contribution >= 4 is 18.0 Å². The zero-order valence-corrected chi connectivity index (χ0v) is 12.5. The van der Waals surface area contributed by atoms with Gasteiger partial charge in [0.25, 0.3) is 5.91 Å². The van der Waals surface area contributed by atoms with Crippen molar-refractivity contribution in [2.24, 2.45) is 0 Å². The van der Waals surface area contributed by atoms with Crippen LogP contribution in [-0.2, 0) is 9.59 Å². The third-order valence-corrected chi connectivity index (χ3v) is 3.74. The molecule has 1 aromatic carbocycles. The van der Waals surface area contributed by atoms with Crippen LogP contribution < -0.4 is 20.1 Å². The number of para-hydroxylation sites is 1. The summed E-state index contributed by atoms with van der Waals surface area (Å²) >= 11 is 0. The van der Waals surface area contributed by atoms with Crippen LogP contribution in [0.15, 0.2) is 30.3 Å². The lowest BCUT2D eigenvalue weighted by Gasteiger charge is -2.31. The number of carbonyl (C=O) groups excluding carboxylic acids is 2. The van der Waals surface area contributed by atoms with Crippen molar-refractivity contribution in [3.8, 4) is 5.75 Å². The molecule has 22 heavy (non-hydrogen) atoms. The molecule has 1 heterocycles. The Kier molecular flexibility index (Phi) is 5.55. The van der Waals surface area contributed by atoms with E-state index in [0.717, 1.165) is 16.2 Å². The van der Waals surface area contributed by atoms with Crippen molar-refractivity contribution in [3.05, 3.63) is 35.9 Å². The van der Waals surface area contributed by atoms with Crippen LogP contribution in [0.1, 0.15) is 12.0 Å². The summed E-state index contributed by atoms with van der Waals surface area (Å²) in [7, 11) is 1.61. The van der Waals surface area contributed by atoms with Crippen molar-refractivity contribution in [2.45, 2.75) is 12.5 Å². The Hall–Kier alpha value is -2.34. The normalized spacial score (nSPS) is 21.6. The first-order valence-electron chi connectivity index (χ1n) is 7.23. The summed E-state index contributed by atoms with van der Waals surface area (Å²) in [5.41, 5.74) is 0.947. The monoisotopic (exact) mass is 304 g/mol. The number of nitrogens with one attached hydrogen (secondary N) is 2. The van der Waals surface area contributed by atoms with Crippen molar-refractivity contribution in [2.75, 3.05) is 26.7 Å². The highest BCUT2D eigenvalue weighted by molar-refractivity contribution is 5.84. The summed E-state index contributed by atoms with van der Waals surface area (Å²) in [6.45, 7) is 1.82. The minimum Gasteiger partial charge on any atom is -0.550 e. The van der Waals surface area contributed by atoms with Gasteiger partial charge in [0.1, 0.15) is 5.75 Å². The standard InChI is InChI=1S/C16H20N2O4/c1-22-14-7-3-2-5-12(14)6-4-9-18-10-8-17-16(21)13(18)11-15(19)20/h2-7,13H,8-11H2,1H3,(H,17,21)(H,19,20)/b6-4+/t13-/m1/s1. The molecule has 1 fully saturated rings. The fourth-order valence-corrected chi connectivity index (χ4v) is 2.62. The number of hydrogen-bond acceptors (Lipinski definition) is 4. The molecule has 1 saturated heterocycles. The van der Waals surface area contributed by atoms with Gasteiger partial charge >= 0.3 is 0 Å². The number of rotatable bonds is 6. The van der Waals surface area contributed by atoms with E-state index in [0.29, 0.717) is 19.6 Å². The highest BCUT2D eigenvalue weighted by atomic mass is 16.5. The highest BCUT2D eigenvalue weighted by Crippen LogP contribution is 2.18. The minimum atomic E-state index is -1.20. The largest absolute Gasteiger partial charge is 0.550 e. The van der Waals surface area contributed by atoms with Gasteiger partial charge in [-0.3, -0.25) is 4.79 Å². The van der Waals surface area contributed by atoms with E-state index in [-0.39, 0.29) is 12.3 Å². The molecular formula is C16H20N2O4. The van der Waals surface area contributed by atoms with E-state index in [9.17, 15) is 14.7 Å². The summed E-state index contributed by atoms with van der Waals surface area (Å²) in [6.07, 6.45) is 3.60. The van der Waals surface area contributed by atoms with Gasteiger partial charge in [0.15, 0.2) is 6.04 Å². The summed E-state index contributed by atoms with van der Waals surface area (Å²) in [5, 5.41) is 13.5. The van der Waals surface area contributed by atoms with E-state index in [1.165, 1.54) is 0 Å². The average Bonchev–Trinajstić information content (AvgIpc) is 2.50. The van der Waals surface area contributed by atoms with Crippen LogP contribution in [-0.4, -0.2) is 44.7 Å². The maximum absolute atomic E-state index is 11.8. The van der Waals surface area contributed by atoms with Gasteiger partial charge in [-0.15, -0.1) is 0 Å². The molecule has 2 atom stereocenters. The summed E-state index contributed by atoms with van der Waals surface area (Å²) in [6, 6.07) is 7.03. The first-order chi connectivity index (χ1) is 10.6. The Balaban J connectivity index is 2.03. The van der Waals surface area contributed by atoms with Crippen molar-refractivity contribution in [3.63, 3.8) is 0 Å². The lowest BCUT2D eigenvalue weighted by Crippen LogP contribution is -3.19. The Morgan fingerprint density at radius 1 is 1.50 bits per heavy atom. The molecule has 6 heteroatoms. The quantitative estimate of drug-likeness (QED) is 0.652. The fraction of sp³-hybridized carbons (Fsp3) is 0.375. The number of carbonyl (C=O) groups is 2. The van der Waals surface area contributed by atoms with E-state index in [4.69, 9.17) is 4.74 Å². The Bertz CT molecular complexity index is 571. The maximum Gasteiger partial charge on any atom is 0.278 e. The Morgan fingerprint density at radius 3 is 3.00 bits per heavy atom. The Labute approximate surface area is 129 Å². The number of quaternary nitrogens is 1. The average molecular weight is 304 g/mol. The van der Waals surface area contributed by atoms with E-state index in [1.54, 1.807) is 7.11 Å². The van der Waals surface area contributed by atoms with Crippen LogP contribution in [0, 0.1) is 0 Å². The second kappa shape index (κ2) is 7.61. The molecule has 2 N–H and O–H groups in total. The summed E-state index contributed by atoms with van der Waals surface area (Å²) in [5.74, 6) is -0.652. The number of methoxy groups -OCH3 is 1. The van der Waals surface area contributed by atoms with Gasteiger partial charge in [0, 0.05) is 18.0 Å². The van der Waals surface area contributed by atoms with Gasteiger partial charge < -0.3 is 24.9 Å². The van der Waals surface area contributed by atoms with Crippen molar-refractivity contribution in [1.82, 2.24) is 5.32 Å². The third-order valence-electron chi connectivity index (χ3n) is 3.74. The van der Waals surface area contributed by atoms with E-state index in [2.05, 4.69) is 5.32 Å². The molecular weight excluding hydrogens is 284 g/mol. The molecule has 1 aliphatic rings. The van der Waals surface area contributed by atoms with Gasteiger partial charge in [0.2, 0.25) is 0 Å².